The zero-order valence-electron chi connectivity index (χ0n) is 20.8. The molecule has 2 aromatic heterocycles. The number of hydrogen-bond donors (Lipinski definition) is 3. The number of halogens is 4. The minimum atomic E-state index is -3.69. The summed E-state index contributed by atoms with van der Waals surface area (Å²) in [4.78, 5) is 16.2. The molecule has 0 amide bonds. The molecule has 3 aromatic carbocycles. The number of ketones is 1. The van der Waals surface area contributed by atoms with Crippen LogP contribution in [0.2, 0.25) is 10.0 Å². The summed E-state index contributed by atoms with van der Waals surface area (Å²) in [6.45, 7) is 0. The van der Waals surface area contributed by atoms with Crippen LogP contribution in [0.15, 0.2) is 60.8 Å². The van der Waals surface area contributed by atoms with Crippen molar-refractivity contribution in [1.29, 1.82) is 0 Å². The lowest BCUT2D eigenvalue weighted by Crippen LogP contribution is -2.18. The number of carbonyl (C=O) groups is 1. The minimum Gasteiger partial charge on any atom is -0.454 e. The van der Waals surface area contributed by atoms with Crippen molar-refractivity contribution in [3.8, 4) is 17.2 Å². The largest absolute Gasteiger partial charge is 0.454 e. The minimum absolute atomic E-state index is 0.00510. The summed E-state index contributed by atoms with van der Waals surface area (Å²) in [5.41, 5.74) is 6.63. The summed E-state index contributed by atoms with van der Waals surface area (Å²) in [6, 6.07) is 12.5. The molecule has 0 aliphatic heterocycles. The van der Waals surface area contributed by atoms with Crippen molar-refractivity contribution in [2.24, 2.45) is 0 Å². The van der Waals surface area contributed by atoms with Crippen LogP contribution < -0.4 is 15.2 Å². The Labute approximate surface area is 241 Å². The first-order valence-corrected chi connectivity index (χ1v) is 14.5. The number of nitrogens with one attached hydrogen (secondary N) is 2. The van der Waals surface area contributed by atoms with Gasteiger partial charge in [0.2, 0.25) is 15.8 Å². The van der Waals surface area contributed by atoms with E-state index in [1.54, 1.807) is 6.07 Å². The van der Waals surface area contributed by atoms with Crippen molar-refractivity contribution in [3.05, 3.63) is 93.7 Å². The number of aromatic amines is 1. The maximum Gasteiger partial charge on any atom is 0.235 e. The van der Waals surface area contributed by atoms with E-state index in [4.69, 9.17) is 33.7 Å². The molecule has 210 valence electrons. The van der Waals surface area contributed by atoms with Gasteiger partial charge in [0.15, 0.2) is 11.6 Å². The second-order valence-electron chi connectivity index (χ2n) is 9.40. The van der Waals surface area contributed by atoms with Crippen LogP contribution in [0, 0.1) is 11.6 Å². The summed E-state index contributed by atoms with van der Waals surface area (Å²) in [6.07, 6.45) is 2.28. The number of benzene rings is 3. The van der Waals surface area contributed by atoms with Crippen LogP contribution in [0.25, 0.3) is 16.6 Å². The molecule has 1 fully saturated rings. The second-order valence-corrected chi connectivity index (χ2v) is 12.2. The SMILES string of the molecule is Nc1c(C(=O)c2cc3cc(F)c(NS(=O)(=O)C4CC4)cc3[nH]2)cnn1-c1c(Cl)cc(Oc2ccccc2F)cc1Cl. The normalized spacial score (nSPS) is 13.5. The van der Waals surface area contributed by atoms with Gasteiger partial charge in [-0.3, -0.25) is 9.52 Å². The Bertz CT molecular complexity index is 1950. The summed E-state index contributed by atoms with van der Waals surface area (Å²) >= 11 is 12.9. The molecule has 1 saturated carbocycles. The number of para-hydroxylation sites is 1. The van der Waals surface area contributed by atoms with E-state index in [0.29, 0.717) is 23.7 Å². The third kappa shape index (κ3) is 5.09. The van der Waals surface area contributed by atoms with Crippen molar-refractivity contribution < 1.29 is 26.7 Å². The molecule has 0 radical (unpaired) electrons. The van der Waals surface area contributed by atoms with Crippen LogP contribution >= 0.6 is 23.2 Å². The van der Waals surface area contributed by atoms with Crippen molar-refractivity contribution in [2.45, 2.75) is 18.1 Å². The van der Waals surface area contributed by atoms with Gasteiger partial charge < -0.3 is 15.5 Å². The molecule has 4 N–H and O–H groups in total. The lowest BCUT2D eigenvalue weighted by molar-refractivity contribution is 0.103. The Morgan fingerprint density at radius 2 is 1.78 bits per heavy atom. The summed E-state index contributed by atoms with van der Waals surface area (Å²) in [5.74, 6) is -1.84. The zero-order valence-corrected chi connectivity index (χ0v) is 23.1. The van der Waals surface area contributed by atoms with Gasteiger partial charge in [0.05, 0.1) is 38.4 Å². The van der Waals surface area contributed by atoms with E-state index in [0.717, 1.165) is 6.07 Å². The molecule has 41 heavy (non-hydrogen) atoms. The number of nitrogens with zero attached hydrogens (tertiary/aromatic N) is 2. The number of fused-ring (bicyclic) bond motifs is 1. The predicted octanol–water partition coefficient (Wildman–Crippen LogP) is 6.45. The maximum absolute atomic E-state index is 14.7. The highest BCUT2D eigenvalue weighted by atomic mass is 35.5. The maximum atomic E-state index is 14.7. The Kier molecular flexibility index (Phi) is 6.63. The standard InChI is InChI=1S/C27H19Cl2F2N5O4S/c28-17-9-14(40-24-4-2-1-3-19(24)30)10-18(29)25(17)36-27(32)16(12-33-36)26(37)23-8-13-7-20(31)22(11-21(13)34-23)35-41(38,39)15-5-6-15/h1-4,7-12,15,34-35H,5-6,32H2. The number of anilines is 2. The molecule has 0 unspecified atom stereocenters. The smallest absolute Gasteiger partial charge is 0.235 e. The van der Waals surface area contributed by atoms with Gasteiger partial charge in [-0.05, 0) is 43.2 Å². The molecule has 0 saturated heterocycles. The number of nitrogen functional groups attached to an aromatic ring is 1. The molecule has 1 aliphatic carbocycles. The molecule has 0 bridgehead atoms. The fourth-order valence-electron chi connectivity index (χ4n) is 4.28. The molecule has 9 nitrogen and oxygen atoms in total. The van der Waals surface area contributed by atoms with Crippen molar-refractivity contribution >= 4 is 61.4 Å². The summed E-state index contributed by atoms with van der Waals surface area (Å²) < 4.78 is 62.2. The van der Waals surface area contributed by atoms with Crippen LogP contribution in [0.5, 0.6) is 11.5 Å². The number of H-pyrrole nitrogens is 1. The van der Waals surface area contributed by atoms with E-state index >= 15 is 0 Å². The highest BCUT2D eigenvalue weighted by Crippen LogP contribution is 2.37. The topological polar surface area (TPSA) is 132 Å². The molecule has 2 heterocycles. The van der Waals surface area contributed by atoms with Gasteiger partial charge in [0.1, 0.15) is 23.1 Å². The van der Waals surface area contributed by atoms with Crippen molar-refractivity contribution in [2.75, 3.05) is 10.5 Å². The zero-order chi connectivity index (χ0) is 29.1. The quantitative estimate of drug-likeness (QED) is 0.171. The van der Waals surface area contributed by atoms with Gasteiger partial charge >= 0.3 is 0 Å². The number of hydrogen-bond acceptors (Lipinski definition) is 6. The second kappa shape index (κ2) is 10.1. The number of sulfonamides is 1. The molecular weight excluding hydrogens is 599 g/mol. The first kappa shape index (κ1) is 27.1. The molecule has 14 heteroatoms. The average Bonchev–Trinajstić information content (AvgIpc) is 3.61. The monoisotopic (exact) mass is 617 g/mol. The van der Waals surface area contributed by atoms with Crippen LogP contribution in [0.3, 0.4) is 0 Å². The van der Waals surface area contributed by atoms with Crippen LogP contribution in [0.1, 0.15) is 28.9 Å². The van der Waals surface area contributed by atoms with Crippen molar-refractivity contribution in [3.63, 3.8) is 0 Å². The van der Waals surface area contributed by atoms with E-state index in [2.05, 4.69) is 14.8 Å². The van der Waals surface area contributed by atoms with Gasteiger partial charge in [-0.15, -0.1) is 0 Å². The predicted molar refractivity (Wildman–Crippen MR) is 152 cm³/mol. The van der Waals surface area contributed by atoms with Crippen LogP contribution in [-0.4, -0.2) is 34.2 Å². The van der Waals surface area contributed by atoms with E-state index in [9.17, 15) is 22.0 Å². The van der Waals surface area contributed by atoms with E-state index in [-0.39, 0.29) is 50.0 Å². The molecule has 0 atom stereocenters. The van der Waals surface area contributed by atoms with E-state index in [1.165, 1.54) is 53.3 Å². The highest BCUT2D eigenvalue weighted by Gasteiger charge is 2.36. The number of aromatic nitrogens is 3. The third-order valence-corrected chi connectivity index (χ3v) is 8.92. The number of rotatable bonds is 8. The molecule has 5 aromatic rings. The Hall–Kier alpha value is -4.13. The van der Waals surface area contributed by atoms with Crippen LogP contribution in [0.4, 0.5) is 20.3 Å². The Morgan fingerprint density at radius 1 is 1.07 bits per heavy atom. The molecular formula is C27H19Cl2F2N5O4S. The molecule has 1 aliphatic rings. The van der Waals surface area contributed by atoms with Crippen molar-refractivity contribution in [1.82, 2.24) is 14.8 Å². The highest BCUT2D eigenvalue weighted by molar-refractivity contribution is 7.93. The van der Waals surface area contributed by atoms with Gasteiger partial charge in [-0.25, -0.2) is 21.9 Å². The average molecular weight is 618 g/mol. The van der Waals surface area contributed by atoms with Gasteiger partial charge in [0.25, 0.3) is 0 Å². The summed E-state index contributed by atoms with van der Waals surface area (Å²) in [7, 11) is -3.69. The Balaban J connectivity index is 1.29. The lowest BCUT2D eigenvalue weighted by Gasteiger charge is -2.13. The van der Waals surface area contributed by atoms with E-state index < -0.39 is 32.7 Å². The fourth-order valence-corrected chi connectivity index (χ4v) is 6.30. The first-order chi connectivity index (χ1) is 19.5. The van der Waals surface area contributed by atoms with E-state index in [1.807, 2.05) is 0 Å². The third-order valence-electron chi connectivity index (χ3n) is 6.49. The van der Waals surface area contributed by atoms with Gasteiger partial charge in [-0.1, -0.05) is 35.3 Å². The lowest BCUT2D eigenvalue weighted by atomic mass is 10.1. The van der Waals surface area contributed by atoms with Gasteiger partial charge in [-0.2, -0.15) is 5.10 Å². The van der Waals surface area contributed by atoms with Gasteiger partial charge in [0, 0.05) is 23.0 Å². The molecule has 6 rings (SSSR count). The first-order valence-electron chi connectivity index (χ1n) is 12.2. The molecule has 0 spiro atoms. The Morgan fingerprint density at radius 3 is 2.46 bits per heavy atom. The fraction of sp³-hybridized carbons (Fsp3) is 0.111. The summed E-state index contributed by atoms with van der Waals surface area (Å²) in [5, 5.41) is 4.13. The number of nitrogens with two attached hydrogens (primary N) is 1. The number of ether oxygens (including phenoxy) is 1. The van der Waals surface area contributed by atoms with Crippen LogP contribution in [-0.2, 0) is 10.0 Å². The number of carbonyl (C=O) groups excluding carboxylic acids is 1.